The maximum Gasteiger partial charge on any atom is 0.318 e. The normalized spacial score (nSPS) is 17.0. The molecule has 1 aromatic heterocycles. The van der Waals surface area contributed by atoms with Crippen LogP contribution in [0.15, 0.2) is 48.5 Å². The third-order valence-electron chi connectivity index (χ3n) is 5.74. The second kappa shape index (κ2) is 9.06. The number of nitrogens with one attached hydrogen (secondary N) is 1. The fourth-order valence-electron chi connectivity index (χ4n) is 3.99. The number of aryl methyl sites for hydroxylation is 1. The number of hydrogen-bond acceptors (Lipinski definition) is 3. The fourth-order valence-corrected chi connectivity index (χ4v) is 4.12. The average molecular weight is 442 g/mol. The quantitative estimate of drug-likeness (QED) is 0.603. The molecule has 2 heterocycles. The zero-order chi connectivity index (χ0) is 22.0. The first-order valence-corrected chi connectivity index (χ1v) is 10.8. The van der Waals surface area contributed by atoms with Crippen LogP contribution in [0.3, 0.4) is 0 Å². The molecule has 0 spiro atoms. The van der Waals surface area contributed by atoms with E-state index in [4.69, 9.17) is 11.6 Å². The van der Waals surface area contributed by atoms with Crippen LogP contribution in [0.2, 0.25) is 5.02 Å². The van der Waals surface area contributed by atoms with Gasteiger partial charge in [0.15, 0.2) is 5.82 Å². The molecule has 3 aromatic rings. The molecule has 2 amide bonds. The minimum atomic E-state index is -0.294. The molecule has 2 atom stereocenters. The van der Waals surface area contributed by atoms with E-state index in [1.807, 2.05) is 43.0 Å². The van der Waals surface area contributed by atoms with Gasteiger partial charge in [-0.25, -0.2) is 9.18 Å². The van der Waals surface area contributed by atoms with E-state index in [1.165, 1.54) is 12.1 Å². The van der Waals surface area contributed by atoms with Crippen LogP contribution in [0.4, 0.5) is 9.18 Å². The van der Waals surface area contributed by atoms with Crippen LogP contribution in [-0.2, 0) is 6.54 Å². The van der Waals surface area contributed by atoms with Gasteiger partial charge in [-0.15, -0.1) is 10.2 Å². The molecule has 0 unspecified atom stereocenters. The lowest BCUT2D eigenvalue weighted by atomic mass is 10.1. The molecule has 1 fully saturated rings. The average Bonchev–Trinajstić information content (AvgIpc) is 3.37. The van der Waals surface area contributed by atoms with E-state index >= 15 is 0 Å². The van der Waals surface area contributed by atoms with E-state index in [9.17, 15) is 9.18 Å². The Balaban J connectivity index is 1.51. The van der Waals surface area contributed by atoms with Crippen molar-refractivity contribution >= 4 is 17.6 Å². The highest BCUT2D eigenvalue weighted by Gasteiger charge is 2.34. The number of carbonyl (C=O) groups is 1. The largest absolute Gasteiger partial charge is 0.331 e. The molecule has 0 saturated carbocycles. The standard InChI is InChI=1S/C23H25ClFN5O/c1-15(18-7-11-20(25)12-8-18)26-23(31)29-13-3-4-21(29)22-28-27-16(2)30(22)14-17-5-9-19(24)10-6-17/h5-12,15,21H,3-4,13-14H2,1-2H3,(H,26,31)/t15-,21+/m0/s1. The fraction of sp³-hybridized carbons (Fsp3) is 0.348. The number of nitrogens with zero attached hydrogens (tertiary/aromatic N) is 4. The van der Waals surface area contributed by atoms with Gasteiger partial charge >= 0.3 is 6.03 Å². The summed E-state index contributed by atoms with van der Waals surface area (Å²) in [5.41, 5.74) is 1.94. The molecule has 162 valence electrons. The van der Waals surface area contributed by atoms with Crippen molar-refractivity contribution in [2.24, 2.45) is 0 Å². The van der Waals surface area contributed by atoms with E-state index < -0.39 is 0 Å². The SMILES string of the molecule is Cc1nnc([C@H]2CCCN2C(=O)N[C@@H](C)c2ccc(F)cc2)n1Cc1ccc(Cl)cc1. The molecule has 1 aliphatic rings. The van der Waals surface area contributed by atoms with E-state index in [0.29, 0.717) is 18.1 Å². The number of aromatic nitrogens is 3. The van der Waals surface area contributed by atoms with Crippen molar-refractivity contribution < 1.29 is 9.18 Å². The molecule has 1 saturated heterocycles. The molecule has 2 aromatic carbocycles. The topological polar surface area (TPSA) is 63.1 Å². The van der Waals surface area contributed by atoms with Crippen LogP contribution >= 0.6 is 11.6 Å². The molecular weight excluding hydrogens is 417 g/mol. The number of amides is 2. The highest BCUT2D eigenvalue weighted by molar-refractivity contribution is 6.30. The summed E-state index contributed by atoms with van der Waals surface area (Å²) >= 11 is 6.01. The maximum absolute atomic E-state index is 13.2. The van der Waals surface area contributed by atoms with Crippen LogP contribution in [-0.4, -0.2) is 32.2 Å². The summed E-state index contributed by atoms with van der Waals surface area (Å²) in [6.07, 6.45) is 1.73. The van der Waals surface area contributed by atoms with E-state index in [1.54, 1.807) is 12.1 Å². The molecule has 8 heteroatoms. The molecule has 1 aliphatic heterocycles. The molecule has 0 bridgehead atoms. The summed E-state index contributed by atoms with van der Waals surface area (Å²) < 4.78 is 15.3. The number of halogens is 2. The highest BCUT2D eigenvalue weighted by atomic mass is 35.5. The summed E-state index contributed by atoms with van der Waals surface area (Å²) in [6, 6.07) is 13.3. The van der Waals surface area contributed by atoms with Crippen molar-refractivity contribution in [3.05, 3.63) is 82.1 Å². The first kappa shape index (κ1) is 21.3. The van der Waals surface area contributed by atoms with E-state index in [2.05, 4.69) is 20.1 Å². The minimum absolute atomic E-state index is 0.145. The van der Waals surface area contributed by atoms with Gasteiger partial charge in [0.1, 0.15) is 11.6 Å². The Labute approximate surface area is 186 Å². The van der Waals surface area contributed by atoms with Gasteiger partial charge in [0.05, 0.1) is 18.6 Å². The second-order valence-electron chi connectivity index (χ2n) is 7.89. The lowest BCUT2D eigenvalue weighted by Crippen LogP contribution is -2.41. The summed E-state index contributed by atoms with van der Waals surface area (Å²) in [4.78, 5) is 14.9. The number of carbonyl (C=O) groups excluding carboxylic acids is 1. The van der Waals surface area contributed by atoms with Gasteiger partial charge in [0, 0.05) is 11.6 Å². The van der Waals surface area contributed by atoms with Gasteiger partial charge in [0.25, 0.3) is 0 Å². The minimum Gasteiger partial charge on any atom is -0.331 e. The second-order valence-corrected chi connectivity index (χ2v) is 8.33. The maximum atomic E-state index is 13.2. The van der Waals surface area contributed by atoms with Crippen LogP contribution < -0.4 is 5.32 Å². The van der Waals surface area contributed by atoms with Crippen LogP contribution in [0.25, 0.3) is 0 Å². The number of benzene rings is 2. The zero-order valence-electron chi connectivity index (χ0n) is 17.6. The van der Waals surface area contributed by atoms with Crippen LogP contribution in [0.1, 0.15) is 54.6 Å². The Bertz CT molecular complexity index is 1050. The van der Waals surface area contributed by atoms with E-state index in [-0.39, 0.29) is 23.9 Å². The van der Waals surface area contributed by atoms with Gasteiger partial charge in [-0.1, -0.05) is 35.9 Å². The van der Waals surface area contributed by atoms with Crippen molar-refractivity contribution in [1.29, 1.82) is 0 Å². The Morgan fingerprint density at radius 2 is 1.90 bits per heavy atom. The molecule has 0 radical (unpaired) electrons. The Hall–Kier alpha value is -2.93. The summed E-state index contributed by atoms with van der Waals surface area (Å²) in [7, 11) is 0. The molecular formula is C23H25ClFN5O. The highest BCUT2D eigenvalue weighted by Crippen LogP contribution is 2.32. The Morgan fingerprint density at radius 3 is 2.61 bits per heavy atom. The van der Waals surface area contributed by atoms with Crippen molar-refractivity contribution in [2.45, 2.75) is 45.3 Å². The number of hydrogen-bond donors (Lipinski definition) is 1. The molecule has 4 rings (SSSR count). The number of urea groups is 1. The monoisotopic (exact) mass is 441 g/mol. The predicted molar refractivity (Wildman–Crippen MR) is 117 cm³/mol. The molecule has 6 nitrogen and oxygen atoms in total. The van der Waals surface area contributed by atoms with Gasteiger partial charge in [-0.05, 0) is 62.1 Å². The summed E-state index contributed by atoms with van der Waals surface area (Å²) in [6.45, 7) is 5.08. The summed E-state index contributed by atoms with van der Waals surface area (Å²) in [5, 5.41) is 12.4. The Morgan fingerprint density at radius 1 is 1.19 bits per heavy atom. The lowest BCUT2D eigenvalue weighted by molar-refractivity contribution is 0.186. The Kier molecular flexibility index (Phi) is 6.23. The van der Waals surface area contributed by atoms with Crippen molar-refractivity contribution in [3.63, 3.8) is 0 Å². The van der Waals surface area contributed by atoms with Crippen molar-refractivity contribution in [1.82, 2.24) is 25.0 Å². The van der Waals surface area contributed by atoms with Crippen molar-refractivity contribution in [3.8, 4) is 0 Å². The predicted octanol–water partition coefficient (Wildman–Crippen LogP) is 5.04. The van der Waals surface area contributed by atoms with Crippen molar-refractivity contribution in [2.75, 3.05) is 6.54 Å². The third kappa shape index (κ3) is 4.71. The number of rotatable bonds is 5. The zero-order valence-corrected chi connectivity index (χ0v) is 18.3. The smallest absolute Gasteiger partial charge is 0.318 e. The van der Waals surface area contributed by atoms with Gasteiger partial charge in [-0.2, -0.15) is 0 Å². The molecule has 0 aliphatic carbocycles. The van der Waals surface area contributed by atoms with Gasteiger partial charge in [-0.3, -0.25) is 0 Å². The molecule has 1 N–H and O–H groups in total. The van der Waals surface area contributed by atoms with Crippen LogP contribution in [0, 0.1) is 12.7 Å². The van der Waals surface area contributed by atoms with E-state index in [0.717, 1.165) is 35.6 Å². The van der Waals surface area contributed by atoms with Crippen LogP contribution in [0.5, 0.6) is 0 Å². The first-order valence-electron chi connectivity index (χ1n) is 10.4. The number of likely N-dealkylation sites (tertiary alicyclic amines) is 1. The third-order valence-corrected chi connectivity index (χ3v) is 5.99. The summed E-state index contributed by atoms with van der Waals surface area (Å²) in [5.74, 6) is 1.30. The van der Waals surface area contributed by atoms with Gasteiger partial charge in [0.2, 0.25) is 0 Å². The first-order chi connectivity index (χ1) is 14.9. The molecule has 31 heavy (non-hydrogen) atoms. The van der Waals surface area contributed by atoms with Gasteiger partial charge < -0.3 is 14.8 Å². The lowest BCUT2D eigenvalue weighted by Gasteiger charge is -2.27.